The summed E-state index contributed by atoms with van der Waals surface area (Å²) < 4.78 is 6.63. The number of aryl methyl sites for hydroxylation is 1. The number of hydrogen-bond acceptors (Lipinski definition) is 9. The number of carbonyl (C=O) groups is 3. The standard InChI is InChI=1S/C23H25N5O5S2/c1-4-8-28-22(32)16(35-23(28)34)11-14-19(25-18-13(2)6-5-9-27(18)21(14)31)26-10-7-24-20(30)15(26)12-17(29)33-3/h5-6,9,11,15H,4,7-8,10,12H2,1-3H3,(H,24,30)/b16-11-. The van der Waals surface area contributed by atoms with Crippen LogP contribution >= 0.6 is 24.0 Å². The lowest BCUT2D eigenvalue weighted by atomic mass is 10.1. The Balaban J connectivity index is 1.92. The number of amides is 2. The molecule has 4 rings (SSSR count). The second-order valence-corrected chi connectivity index (χ2v) is 9.83. The summed E-state index contributed by atoms with van der Waals surface area (Å²) in [5.41, 5.74) is 0.940. The van der Waals surface area contributed by atoms with Crippen molar-refractivity contribution >= 4 is 63.6 Å². The van der Waals surface area contributed by atoms with Crippen molar-refractivity contribution in [3.8, 4) is 0 Å². The van der Waals surface area contributed by atoms with Gasteiger partial charge in [-0.3, -0.25) is 28.5 Å². The second kappa shape index (κ2) is 10.2. The van der Waals surface area contributed by atoms with Crippen LogP contribution in [0.3, 0.4) is 0 Å². The number of rotatable bonds is 6. The van der Waals surface area contributed by atoms with Crippen molar-refractivity contribution in [3.05, 3.63) is 44.7 Å². The molecule has 2 aromatic rings. The molecule has 10 nitrogen and oxygen atoms in total. The van der Waals surface area contributed by atoms with Gasteiger partial charge in [-0.05, 0) is 31.1 Å². The summed E-state index contributed by atoms with van der Waals surface area (Å²) >= 11 is 6.50. The summed E-state index contributed by atoms with van der Waals surface area (Å²) in [7, 11) is 1.25. The lowest BCUT2D eigenvalue weighted by molar-refractivity contribution is -0.143. The smallest absolute Gasteiger partial charge is 0.308 e. The van der Waals surface area contributed by atoms with Crippen LogP contribution < -0.4 is 15.8 Å². The van der Waals surface area contributed by atoms with Gasteiger partial charge in [0.1, 0.15) is 21.8 Å². The second-order valence-electron chi connectivity index (χ2n) is 8.15. The van der Waals surface area contributed by atoms with Crippen molar-refractivity contribution in [2.45, 2.75) is 32.7 Å². The lowest BCUT2D eigenvalue weighted by Gasteiger charge is -2.36. The molecule has 1 atom stereocenters. The maximum absolute atomic E-state index is 13.7. The molecule has 0 bridgehead atoms. The molecule has 2 aliphatic heterocycles. The van der Waals surface area contributed by atoms with Gasteiger partial charge in [-0.1, -0.05) is 37.0 Å². The summed E-state index contributed by atoms with van der Waals surface area (Å²) in [5.74, 6) is -0.973. The Bertz CT molecular complexity index is 1320. The summed E-state index contributed by atoms with van der Waals surface area (Å²) in [6.45, 7) is 4.89. The minimum atomic E-state index is -0.920. The largest absolute Gasteiger partial charge is 0.469 e. The van der Waals surface area contributed by atoms with Crippen LogP contribution in [-0.4, -0.2) is 69.2 Å². The number of hydrogen-bond donors (Lipinski definition) is 1. The molecular weight excluding hydrogens is 490 g/mol. The highest BCUT2D eigenvalue weighted by Crippen LogP contribution is 2.34. The monoisotopic (exact) mass is 515 g/mol. The molecule has 0 saturated carbocycles. The van der Waals surface area contributed by atoms with Crippen LogP contribution in [0, 0.1) is 6.92 Å². The third kappa shape index (κ3) is 4.67. The number of fused-ring (bicyclic) bond motifs is 1. The first-order chi connectivity index (χ1) is 16.8. The number of ether oxygens (including phenoxy) is 1. The van der Waals surface area contributed by atoms with E-state index in [1.165, 1.54) is 22.5 Å². The molecule has 0 aliphatic carbocycles. The molecule has 2 amide bonds. The van der Waals surface area contributed by atoms with E-state index in [4.69, 9.17) is 21.9 Å². The number of pyridine rings is 1. The minimum Gasteiger partial charge on any atom is -0.469 e. The van der Waals surface area contributed by atoms with Gasteiger partial charge in [0.2, 0.25) is 5.91 Å². The van der Waals surface area contributed by atoms with Gasteiger partial charge in [0.25, 0.3) is 11.5 Å². The molecule has 2 fully saturated rings. The third-order valence-corrected chi connectivity index (χ3v) is 7.23. The predicted octanol–water partition coefficient (Wildman–Crippen LogP) is 1.48. The first-order valence-electron chi connectivity index (χ1n) is 11.1. The van der Waals surface area contributed by atoms with Gasteiger partial charge >= 0.3 is 5.97 Å². The average molecular weight is 516 g/mol. The predicted molar refractivity (Wildman–Crippen MR) is 137 cm³/mol. The van der Waals surface area contributed by atoms with E-state index >= 15 is 0 Å². The fraction of sp³-hybridized carbons (Fsp3) is 0.391. The molecule has 184 valence electrons. The Hall–Kier alpha value is -3.25. The van der Waals surface area contributed by atoms with Crippen molar-refractivity contribution in [1.29, 1.82) is 0 Å². The van der Waals surface area contributed by atoms with Crippen LogP contribution in [-0.2, 0) is 19.1 Å². The Morgan fingerprint density at radius 1 is 1.37 bits per heavy atom. The van der Waals surface area contributed by atoms with Gasteiger partial charge in [-0.25, -0.2) is 4.98 Å². The number of esters is 1. The van der Waals surface area contributed by atoms with E-state index in [1.807, 2.05) is 19.9 Å². The molecule has 0 spiro atoms. The van der Waals surface area contributed by atoms with E-state index in [2.05, 4.69) is 5.32 Å². The average Bonchev–Trinajstić information content (AvgIpc) is 3.10. The van der Waals surface area contributed by atoms with E-state index < -0.39 is 17.6 Å². The van der Waals surface area contributed by atoms with E-state index in [1.54, 1.807) is 17.2 Å². The highest BCUT2D eigenvalue weighted by molar-refractivity contribution is 8.26. The highest BCUT2D eigenvalue weighted by Gasteiger charge is 2.36. The zero-order chi connectivity index (χ0) is 25.3. The Morgan fingerprint density at radius 2 is 2.14 bits per heavy atom. The van der Waals surface area contributed by atoms with E-state index in [-0.39, 0.29) is 29.6 Å². The number of thiocarbonyl (C=S) groups is 1. The summed E-state index contributed by atoms with van der Waals surface area (Å²) in [5, 5.41) is 2.75. The molecule has 0 aromatic carbocycles. The number of methoxy groups -OCH3 is 1. The molecule has 1 N–H and O–H groups in total. The minimum absolute atomic E-state index is 0.148. The van der Waals surface area contributed by atoms with Crippen LogP contribution in [0.4, 0.5) is 5.82 Å². The Kier molecular flexibility index (Phi) is 7.22. The normalized spacial score (nSPS) is 19.6. The maximum Gasteiger partial charge on any atom is 0.308 e. The number of aromatic nitrogens is 2. The van der Waals surface area contributed by atoms with Crippen molar-refractivity contribution in [3.63, 3.8) is 0 Å². The Morgan fingerprint density at radius 3 is 2.86 bits per heavy atom. The van der Waals surface area contributed by atoms with Crippen molar-refractivity contribution < 1.29 is 19.1 Å². The van der Waals surface area contributed by atoms with Gasteiger partial charge in [-0.15, -0.1) is 0 Å². The van der Waals surface area contributed by atoms with Crippen LogP contribution in [0.25, 0.3) is 11.7 Å². The first-order valence-corrected chi connectivity index (χ1v) is 12.4. The molecule has 12 heteroatoms. The molecule has 2 saturated heterocycles. The van der Waals surface area contributed by atoms with Crippen LogP contribution in [0.15, 0.2) is 28.0 Å². The Labute approximate surface area is 211 Å². The summed E-state index contributed by atoms with van der Waals surface area (Å²) in [6, 6.07) is 2.65. The third-order valence-electron chi connectivity index (χ3n) is 5.85. The van der Waals surface area contributed by atoms with Crippen LogP contribution in [0.5, 0.6) is 0 Å². The van der Waals surface area contributed by atoms with Crippen molar-refractivity contribution in [1.82, 2.24) is 19.6 Å². The van der Waals surface area contributed by atoms with Crippen molar-refractivity contribution in [2.24, 2.45) is 0 Å². The fourth-order valence-corrected chi connectivity index (χ4v) is 5.40. The van der Waals surface area contributed by atoms with Gasteiger partial charge < -0.3 is 15.0 Å². The van der Waals surface area contributed by atoms with Gasteiger partial charge in [0.05, 0.1) is 24.0 Å². The number of piperazine rings is 1. The number of carbonyl (C=O) groups excluding carboxylic acids is 3. The van der Waals surface area contributed by atoms with E-state index in [0.717, 1.165) is 23.7 Å². The van der Waals surface area contributed by atoms with E-state index in [9.17, 15) is 19.2 Å². The van der Waals surface area contributed by atoms with Gasteiger partial charge in [0.15, 0.2) is 0 Å². The first kappa shape index (κ1) is 24.9. The molecule has 35 heavy (non-hydrogen) atoms. The topological polar surface area (TPSA) is 113 Å². The molecule has 1 unspecified atom stereocenters. The zero-order valence-electron chi connectivity index (χ0n) is 19.6. The molecular formula is C23H25N5O5S2. The number of thioether (sulfide) groups is 1. The van der Waals surface area contributed by atoms with Gasteiger partial charge in [0, 0.05) is 25.8 Å². The SMILES string of the molecule is CCCN1C(=O)/C(=C/c2c(N3CCNC(=O)C3CC(=O)OC)nc3c(C)cccn3c2=O)SC1=S. The number of anilines is 1. The number of nitrogens with one attached hydrogen (secondary N) is 1. The van der Waals surface area contributed by atoms with Crippen LogP contribution in [0.1, 0.15) is 30.9 Å². The van der Waals surface area contributed by atoms with E-state index in [0.29, 0.717) is 34.5 Å². The van der Waals surface area contributed by atoms with Gasteiger partial charge in [-0.2, -0.15) is 0 Å². The molecule has 0 radical (unpaired) electrons. The highest BCUT2D eigenvalue weighted by atomic mass is 32.2. The molecule has 4 heterocycles. The quantitative estimate of drug-likeness (QED) is 0.347. The zero-order valence-corrected chi connectivity index (χ0v) is 21.2. The lowest BCUT2D eigenvalue weighted by Crippen LogP contribution is -2.57. The van der Waals surface area contributed by atoms with Crippen molar-refractivity contribution in [2.75, 3.05) is 31.6 Å². The molecule has 2 aromatic heterocycles. The molecule has 2 aliphatic rings. The summed E-state index contributed by atoms with van der Waals surface area (Å²) in [4.78, 5) is 59.7. The maximum atomic E-state index is 13.7. The summed E-state index contributed by atoms with van der Waals surface area (Å²) in [6.07, 6.45) is 3.63. The number of nitrogens with zero attached hydrogens (tertiary/aromatic N) is 4. The van der Waals surface area contributed by atoms with Crippen LogP contribution in [0.2, 0.25) is 0 Å². The fourth-order valence-electron chi connectivity index (χ4n) is 4.11.